The van der Waals surface area contributed by atoms with Crippen LogP contribution in [0.3, 0.4) is 0 Å². The Hall–Kier alpha value is -1.64. The summed E-state index contributed by atoms with van der Waals surface area (Å²) < 4.78 is 0. The van der Waals surface area contributed by atoms with Gasteiger partial charge in [0, 0.05) is 18.3 Å². The second-order valence-corrected chi connectivity index (χ2v) is 5.71. The van der Waals surface area contributed by atoms with Gasteiger partial charge in [0.05, 0.1) is 5.69 Å². The van der Waals surface area contributed by atoms with Gasteiger partial charge in [0.1, 0.15) is 0 Å². The van der Waals surface area contributed by atoms with Gasteiger partial charge >= 0.3 is 0 Å². The number of pyridine rings is 1. The Labute approximate surface area is 139 Å². The van der Waals surface area contributed by atoms with Gasteiger partial charge in [0.2, 0.25) is 0 Å². The standard InChI is InChI=1S/C19H22N2.ClH/c1-16-7-9-17(10-8-16)18(19-6-2-3-12-20-19)11-15-21-13-4-5-14-21;/h2-3,6-12H,4-5,13-15H2,1H3;1H/b18-11+;. The lowest BCUT2D eigenvalue weighted by molar-refractivity contribution is 0.377. The fourth-order valence-corrected chi connectivity index (χ4v) is 2.81. The first-order chi connectivity index (χ1) is 10.3. The topological polar surface area (TPSA) is 16.1 Å². The van der Waals surface area contributed by atoms with Gasteiger partial charge in [0.15, 0.2) is 0 Å². The summed E-state index contributed by atoms with van der Waals surface area (Å²) in [6, 6.07) is 14.8. The van der Waals surface area contributed by atoms with Gasteiger partial charge in [0.25, 0.3) is 0 Å². The van der Waals surface area contributed by atoms with Crippen LogP contribution in [0.2, 0.25) is 0 Å². The molecule has 3 heteroatoms. The van der Waals surface area contributed by atoms with Crippen molar-refractivity contribution in [3.8, 4) is 0 Å². The van der Waals surface area contributed by atoms with E-state index in [0.717, 1.165) is 12.2 Å². The molecule has 1 fully saturated rings. The smallest absolute Gasteiger partial charge is 0.0705 e. The number of benzene rings is 1. The van der Waals surface area contributed by atoms with E-state index >= 15 is 0 Å². The third kappa shape index (κ3) is 4.19. The maximum absolute atomic E-state index is 4.54. The minimum atomic E-state index is 0. The van der Waals surface area contributed by atoms with Crippen LogP contribution >= 0.6 is 12.4 Å². The molecule has 0 amide bonds. The zero-order chi connectivity index (χ0) is 14.5. The van der Waals surface area contributed by atoms with Crippen LogP contribution in [0, 0.1) is 6.92 Å². The highest BCUT2D eigenvalue weighted by atomic mass is 35.5. The Morgan fingerprint density at radius 2 is 1.82 bits per heavy atom. The lowest BCUT2D eigenvalue weighted by atomic mass is 10.0. The maximum Gasteiger partial charge on any atom is 0.0705 e. The number of rotatable bonds is 4. The molecule has 0 N–H and O–H groups in total. The zero-order valence-corrected chi connectivity index (χ0v) is 13.9. The van der Waals surface area contributed by atoms with Gasteiger partial charge in [-0.2, -0.15) is 0 Å². The van der Waals surface area contributed by atoms with Gasteiger partial charge in [-0.3, -0.25) is 9.88 Å². The molecule has 0 spiro atoms. The van der Waals surface area contributed by atoms with E-state index in [4.69, 9.17) is 0 Å². The summed E-state index contributed by atoms with van der Waals surface area (Å²) in [5, 5.41) is 0. The van der Waals surface area contributed by atoms with Crippen LogP contribution in [0.5, 0.6) is 0 Å². The fourth-order valence-electron chi connectivity index (χ4n) is 2.81. The lowest BCUT2D eigenvalue weighted by Crippen LogP contribution is -2.19. The highest BCUT2D eigenvalue weighted by Gasteiger charge is 2.11. The second kappa shape index (κ2) is 8.11. The first kappa shape index (κ1) is 16.7. The van der Waals surface area contributed by atoms with E-state index in [1.54, 1.807) is 0 Å². The van der Waals surface area contributed by atoms with E-state index in [0.29, 0.717) is 0 Å². The van der Waals surface area contributed by atoms with Crippen LogP contribution in [0.1, 0.15) is 29.7 Å². The number of likely N-dealkylation sites (tertiary alicyclic amines) is 1. The molecule has 2 heterocycles. The summed E-state index contributed by atoms with van der Waals surface area (Å²) in [5.41, 5.74) is 4.83. The summed E-state index contributed by atoms with van der Waals surface area (Å²) in [6.07, 6.45) is 6.86. The first-order valence-electron chi connectivity index (χ1n) is 7.74. The molecule has 0 aliphatic carbocycles. The van der Waals surface area contributed by atoms with Gasteiger partial charge < -0.3 is 0 Å². The molecule has 1 saturated heterocycles. The predicted octanol–water partition coefficient (Wildman–Crippen LogP) is 4.34. The van der Waals surface area contributed by atoms with Crippen molar-refractivity contribution in [3.05, 3.63) is 71.6 Å². The first-order valence-corrected chi connectivity index (χ1v) is 7.74. The van der Waals surface area contributed by atoms with Gasteiger partial charge in [-0.05, 0) is 50.6 Å². The molecular weight excluding hydrogens is 292 g/mol. The molecule has 0 unspecified atom stereocenters. The molecule has 1 aromatic heterocycles. The van der Waals surface area contributed by atoms with Crippen LogP contribution in [-0.4, -0.2) is 29.5 Å². The Morgan fingerprint density at radius 1 is 1.09 bits per heavy atom. The second-order valence-electron chi connectivity index (χ2n) is 5.71. The van der Waals surface area contributed by atoms with Crippen molar-refractivity contribution >= 4 is 18.0 Å². The highest BCUT2D eigenvalue weighted by Crippen LogP contribution is 2.22. The minimum absolute atomic E-state index is 0. The molecule has 2 nitrogen and oxygen atoms in total. The monoisotopic (exact) mass is 314 g/mol. The number of nitrogens with zero attached hydrogens (tertiary/aromatic N) is 2. The molecule has 22 heavy (non-hydrogen) atoms. The molecule has 2 aromatic rings. The molecular formula is C19H23ClN2. The van der Waals surface area contributed by atoms with Crippen molar-refractivity contribution in [2.24, 2.45) is 0 Å². The maximum atomic E-state index is 4.54. The number of hydrogen-bond acceptors (Lipinski definition) is 2. The highest BCUT2D eigenvalue weighted by molar-refractivity contribution is 5.85. The van der Waals surface area contributed by atoms with Crippen molar-refractivity contribution in [1.82, 2.24) is 9.88 Å². The molecule has 3 rings (SSSR count). The van der Waals surface area contributed by atoms with E-state index in [1.165, 1.54) is 42.6 Å². The van der Waals surface area contributed by atoms with Crippen LogP contribution < -0.4 is 0 Å². The largest absolute Gasteiger partial charge is 0.300 e. The molecule has 0 saturated carbocycles. The van der Waals surface area contributed by atoms with Gasteiger partial charge in [-0.1, -0.05) is 42.0 Å². The van der Waals surface area contributed by atoms with Crippen LogP contribution in [0.4, 0.5) is 0 Å². The Morgan fingerprint density at radius 3 is 2.45 bits per heavy atom. The normalized spacial score (nSPS) is 15.6. The molecule has 1 aromatic carbocycles. The van der Waals surface area contributed by atoms with E-state index in [9.17, 15) is 0 Å². The summed E-state index contributed by atoms with van der Waals surface area (Å²) in [7, 11) is 0. The van der Waals surface area contributed by atoms with Gasteiger partial charge in [-0.15, -0.1) is 12.4 Å². The van der Waals surface area contributed by atoms with Crippen LogP contribution in [0.15, 0.2) is 54.7 Å². The molecule has 1 aliphatic rings. The molecule has 1 aliphatic heterocycles. The van der Waals surface area contributed by atoms with Gasteiger partial charge in [-0.25, -0.2) is 0 Å². The number of halogens is 1. The van der Waals surface area contributed by atoms with Crippen molar-refractivity contribution in [2.75, 3.05) is 19.6 Å². The van der Waals surface area contributed by atoms with Crippen molar-refractivity contribution < 1.29 is 0 Å². The summed E-state index contributed by atoms with van der Waals surface area (Å²) in [4.78, 5) is 7.05. The van der Waals surface area contributed by atoms with Crippen LogP contribution in [0.25, 0.3) is 5.57 Å². The van der Waals surface area contributed by atoms with E-state index in [2.05, 4.69) is 59.3 Å². The van der Waals surface area contributed by atoms with E-state index in [1.807, 2.05) is 12.3 Å². The minimum Gasteiger partial charge on any atom is -0.300 e. The zero-order valence-electron chi connectivity index (χ0n) is 13.0. The van der Waals surface area contributed by atoms with Crippen molar-refractivity contribution in [3.63, 3.8) is 0 Å². The van der Waals surface area contributed by atoms with Crippen molar-refractivity contribution in [2.45, 2.75) is 19.8 Å². The Balaban J connectivity index is 0.00000176. The summed E-state index contributed by atoms with van der Waals surface area (Å²) >= 11 is 0. The van der Waals surface area contributed by atoms with Crippen molar-refractivity contribution in [1.29, 1.82) is 0 Å². The third-order valence-corrected chi connectivity index (χ3v) is 4.06. The quantitative estimate of drug-likeness (QED) is 0.834. The number of hydrogen-bond donors (Lipinski definition) is 0. The molecule has 0 radical (unpaired) electrons. The summed E-state index contributed by atoms with van der Waals surface area (Å²) in [6.45, 7) is 5.58. The summed E-state index contributed by atoms with van der Waals surface area (Å²) in [5.74, 6) is 0. The molecule has 0 bridgehead atoms. The Bertz CT molecular complexity index is 599. The SMILES string of the molecule is Cc1ccc(/C(=C\CN2CCCC2)c2ccccn2)cc1.Cl. The van der Waals surface area contributed by atoms with Crippen LogP contribution in [-0.2, 0) is 0 Å². The number of aryl methyl sites for hydroxylation is 1. The number of aromatic nitrogens is 1. The predicted molar refractivity (Wildman–Crippen MR) is 95.4 cm³/mol. The Kier molecular flexibility index (Phi) is 6.17. The average molecular weight is 315 g/mol. The lowest BCUT2D eigenvalue weighted by Gasteiger charge is -2.14. The molecule has 116 valence electrons. The fraction of sp³-hybridized carbons (Fsp3) is 0.316. The van der Waals surface area contributed by atoms with E-state index in [-0.39, 0.29) is 12.4 Å². The third-order valence-electron chi connectivity index (χ3n) is 4.06. The van der Waals surface area contributed by atoms with E-state index < -0.39 is 0 Å². The average Bonchev–Trinajstić information content (AvgIpc) is 3.04. The molecule has 0 atom stereocenters.